The zero-order chi connectivity index (χ0) is 18.9. The van der Waals surface area contributed by atoms with Gasteiger partial charge in [0.05, 0.1) is 18.3 Å². The van der Waals surface area contributed by atoms with E-state index in [0.29, 0.717) is 12.2 Å². The van der Waals surface area contributed by atoms with Crippen molar-refractivity contribution in [2.24, 2.45) is 0 Å². The van der Waals surface area contributed by atoms with Gasteiger partial charge in [-0.1, -0.05) is 37.8 Å². The van der Waals surface area contributed by atoms with Gasteiger partial charge in [-0.25, -0.2) is 4.79 Å². The van der Waals surface area contributed by atoms with Gasteiger partial charge >= 0.3 is 5.97 Å². The summed E-state index contributed by atoms with van der Waals surface area (Å²) in [6.45, 7) is 6.09. The van der Waals surface area contributed by atoms with E-state index in [1.54, 1.807) is 19.1 Å². The lowest BCUT2D eigenvalue weighted by Gasteiger charge is -2.19. The number of rotatable bonds is 7. The second-order valence-corrected chi connectivity index (χ2v) is 7.30. The Labute approximate surface area is 156 Å². The highest BCUT2D eigenvalue weighted by atomic mass is 16.5. The van der Waals surface area contributed by atoms with Crippen molar-refractivity contribution >= 4 is 11.9 Å². The van der Waals surface area contributed by atoms with Gasteiger partial charge in [-0.2, -0.15) is 0 Å². The van der Waals surface area contributed by atoms with E-state index in [-0.39, 0.29) is 18.1 Å². The summed E-state index contributed by atoms with van der Waals surface area (Å²) in [7, 11) is 0. The third-order valence-corrected chi connectivity index (χ3v) is 4.63. The molecule has 1 amide bonds. The zero-order valence-electron chi connectivity index (χ0n) is 16.1. The first-order valence-corrected chi connectivity index (χ1v) is 9.67. The van der Waals surface area contributed by atoms with Crippen LogP contribution in [0.1, 0.15) is 75.2 Å². The van der Waals surface area contributed by atoms with Crippen molar-refractivity contribution in [1.29, 1.82) is 0 Å². The summed E-state index contributed by atoms with van der Waals surface area (Å²) in [4.78, 5) is 24.5. The topological polar surface area (TPSA) is 64.6 Å². The molecule has 0 unspecified atom stereocenters. The molecule has 1 aromatic rings. The van der Waals surface area contributed by atoms with Crippen LogP contribution in [0, 0.1) is 0 Å². The van der Waals surface area contributed by atoms with Crippen molar-refractivity contribution in [1.82, 2.24) is 5.32 Å². The lowest BCUT2D eigenvalue weighted by Crippen LogP contribution is -2.41. The number of ether oxygens (including phenoxy) is 2. The molecule has 0 bridgehead atoms. The number of amides is 1. The van der Waals surface area contributed by atoms with E-state index >= 15 is 0 Å². The summed E-state index contributed by atoms with van der Waals surface area (Å²) in [5, 5.41) is 3.02. The molecule has 1 aromatic carbocycles. The summed E-state index contributed by atoms with van der Waals surface area (Å²) >= 11 is 0. The average molecular weight is 361 g/mol. The van der Waals surface area contributed by atoms with Crippen LogP contribution in [0.3, 0.4) is 0 Å². The predicted octanol–water partition coefficient (Wildman–Crippen LogP) is 4.00. The molecule has 0 radical (unpaired) electrons. The Kier molecular flexibility index (Phi) is 8.10. The molecular formula is C21H31NO4. The maximum Gasteiger partial charge on any atom is 0.338 e. The summed E-state index contributed by atoms with van der Waals surface area (Å²) < 4.78 is 10.9. The van der Waals surface area contributed by atoms with Gasteiger partial charge in [0.2, 0.25) is 0 Å². The Morgan fingerprint density at radius 2 is 1.65 bits per heavy atom. The standard InChI is InChI=1S/C21H31NO4/c1-15(2)25-14-17-10-12-18(13-11-17)21(24)26-16(3)20(23)22-19-8-6-4-5-7-9-19/h10-13,15-16,19H,4-9,14H2,1-3H3,(H,22,23)/t16-/m1/s1. The minimum Gasteiger partial charge on any atom is -0.449 e. The SMILES string of the molecule is CC(C)OCc1ccc(C(=O)O[C@H](C)C(=O)NC2CCCCCC2)cc1. The Morgan fingerprint density at radius 3 is 2.23 bits per heavy atom. The highest BCUT2D eigenvalue weighted by Crippen LogP contribution is 2.17. The molecule has 1 aliphatic rings. The van der Waals surface area contributed by atoms with Gasteiger partial charge in [0.1, 0.15) is 0 Å². The van der Waals surface area contributed by atoms with Crippen LogP contribution in [-0.2, 0) is 20.9 Å². The fraction of sp³-hybridized carbons (Fsp3) is 0.619. The lowest BCUT2D eigenvalue weighted by atomic mass is 10.1. The van der Waals surface area contributed by atoms with Crippen LogP contribution in [0.4, 0.5) is 0 Å². The van der Waals surface area contributed by atoms with E-state index in [2.05, 4.69) is 5.32 Å². The van der Waals surface area contributed by atoms with Gasteiger partial charge < -0.3 is 14.8 Å². The fourth-order valence-electron chi connectivity index (χ4n) is 3.02. The van der Waals surface area contributed by atoms with Gasteiger partial charge in [0.15, 0.2) is 6.10 Å². The minimum atomic E-state index is -0.797. The third kappa shape index (κ3) is 6.79. The van der Waals surface area contributed by atoms with Gasteiger partial charge in [0.25, 0.3) is 5.91 Å². The first kappa shape index (κ1) is 20.4. The van der Waals surface area contributed by atoms with Crippen molar-refractivity contribution in [3.05, 3.63) is 35.4 Å². The number of benzene rings is 1. The Bertz CT molecular complexity index is 574. The first-order valence-electron chi connectivity index (χ1n) is 9.67. The Morgan fingerprint density at radius 1 is 1.04 bits per heavy atom. The normalized spacial score (nSPS) is 16.8. The molecule has 1 atom stereocenters. The van der Waals surface area contributed by atoms with Crippen LogP contribution < -0.4 is 5.32 Å². The second-order valence-electron chi connectivity index (χ2n) is 7.30. The molecule has 0 aromatic heterocycles. The van der Waals surface area contributed by atoms with Gasteiger partial charge in [-0.15, -0.1) is 0 Å². The molecule has 1 saturated carbocycles. The molecule has 2 rings (SSSR count). The van der Waals surface area contributed by atoms with E-state index in [9.17, 15) is 9.59 Å². The molecule has 5 heteroatoms. The van der Waals surface area contributed by atoms with E-state index in [1.807, 2.05) is 26.0 Å². The number of esters is 1. The van der Waals surface area contributed by atoms with Crippen LogP contribution in [0.2, 0.25) is 0 Å². The molecule has 1 fully saturated rings. The number of hydrogen-bond acceptors (Lipinski definition) is 4. The highest BCUT2D eigenvalue weighted by Gasteiger charge is 2.22. The lowest BCUT2D eigenvalue weighted by molar-refractivity contribution is -0.129. The number of carbonyl (C=O) groups excluding carboxylic acids is 2. The summed E-state index contributed by atoms with van der Waals surface area (Å²) in [6.07, 6.45) is 6.13. The largest absolute Gasteiger partial charge is 0.449 e. The highest BCUT2D eigenvalue weighted by molar-refractivity contribution is 5.92. The maximum absolute atomic E-state index is 12.3. The zero-order valence-corrected chi connectivity index (χ0v) is 16.1. The first-order chi connectivity index (χ1) is 12.5. The van der Waals surface area contributed by atoms with Gasteiger partial charge in [-0.3, -0.25) is 4.79 Å². The van der Waals surface area contributed by atoms with Crippen LogP contribution >= 0.6 is 0 Å². The molecule has 0 aliphatic heterocycles. The average Bonchev–Trinajstić information content (AvgIpc) is 2.88. The van der Waals surface area contributed by atoms with Crippen LogP contribution in [0.5, 0.6) is 0 Å². The smallest absolute Gasteiger partial charge is 0.338 e. The molecule has 1 aliphatic carbocycles. The monoisotopic (exact) mass is 361 g/mol. The molecule has 26 heavy (non-hydrogen) atoms. The Hall–Kier alpha value is -1.88. The summed E-state index contributed by atoms with van der Waals surface area (Å²) in [6, 6.07) is 7.30. The molecule has 144 valence electrons. The second kappa shape index (κ2) is 10.3. The Balaban J connectivity index is 1.82. The minimum absolute atomic E-state index is 0.160. The summed E-state index contributed by atoms with van der Waals surface area (Å²) in [5.41, 5.74) is 1.43. The molecule has 5 nitrogen and oxygen atoms in total. The molecule has 0 spiro atoms. The predicted molar refractivity (Wildman–Crippen MR) is 101 cm³/mol. The van der Waals surface area contributed by atoms with Crippen molar-refractivity contribution in [2.75, 3.05) is 0 Å². The van der Waals surface area contributed by atoms with Crippen LogP contribution in [0.15, 0.2) is 24.3 Å². The van der Waals surface area contributed by atoms with Crippen molar-refractivity contribution in [3.63, 3.8) is 0 Å². The van der Waals surface area contributed by atoms with Crippen LogP contribution in [-0.4, -0.2) is 30.1 Å². The third-order valence-electron chi connectivity index (χ3n) is 4.63. The van der Waals surface area contributed by atoms with Crippen molar-refractivity contribution in [2.45, 2.75) is 84.2 Å². The van der Waals surface area contributed by atoms with Gasteiger partial charge in [0, 0.05) is 6.04 Å². The number of nitrogens with one attached hydrogen (secondary N) is 1. The molecule has 1 N–H and O–H groups in total. The van der Waals surface area contributed by atoms with Gasteiger partial charge in [-0.05, 0) is 51.3 Å². The quantitative estimate of drug-likeness (QED) is 0.589. The molecule has 0 saturated heterocycles. The number of hydrogen-bond donors (Lipinski definition) is 1. The number of carbonyl (C=O) groups is 2. The van der Waals surface area contributed by atoms with E-state index in [1.165, 1.54) is 12.8 Å². The van der Waals surface area contributed by atoms with Crippen LogP contribution in [0.25, 0.3) is 0 Å². The summed E-state index contributed by atoms with van der Waals surface area (Å²) in [5.74, 6) is -0.697. The fourth-order valence-corrected chi connectivity index (χ4v) is 3.02. The van der Waals surface area contributed by atoms with E-state index in [0.717, 1.165) is 31.2 Å². The van der Waals surface area contributed by atoms with E-state index < -0.39 is 12.1 Å². The van der Waals surface area contributed by atoms with Crippen molar-refractivity contribution in [3.8, 4) is 0 Å². The molecular weight excluding hydrogens is 330 g/mol. The van der Waals surface area contributed by atoms with Crippen molar-refractivity contribution < 1.29 is 19.1 Å². The molecule has 0 heterocycles. The van der Waals surface area contributed by atoms with E-state index in [4.69, 9.17) is 9.47 Å². The maximum atomic E-state index is 12.3.